The minimum Gasteiger partial charge on any atom is -0.477 e. The van der Waals surface area contributed by atoms with E-state index in [-0.39, 0.29) is 10.4 Å². The number of carboxylic acid groups (broad SMARTS) is 1. The van der Waals surface area contributed by atoms with E-state index in [0.717, 1.165) is 21.4 Å². The van der Waals surface area contributed by atoms with Crippen LogP contribution in [-0.4, -0.2) is 31.2 Å². The number of aromatic carboxylic acids is 1. The molecule has 0 aliphatic rings. The van der Waals surface area contributed by atoms with Crippen LogP contribution in [0, 0.1) is 20.8 Å². The Morgan fingerprint density at radius 1 is 1.20 bits per heavy atom. The van der Waals surface area contributed by atoms with Crippen LogP contribution < -0.4 is 10.9 Å². The number of aromatic amines is 1. The van der Waals surface area contributed by atoms with Crippen molar-refractivity contribution in [2.75, 3.05) is 5.32 Å². The molecule has 0 aliphatic carbocycles. The van der Waals surface area contributed by atoms with Crippen LogP contribution in [0.15, 0.2) is 27.3 Å². The van der Waals surface area contributed by atoms with Crippen LogP contribution in [-0.2, 0) is 5.75 Å². The lowest BCUT2D eigenvalue weighted by Gasteiger charge is -2.05. The Morgan fingerprint density at radius 3 is 2.73 bits per heavy atom. The van der Waals surface area contributed by atoms with E-state index in [0.29, 0.717) is 32.5 Å². The first kappa shape index (κ1) is 20.5. The van der Waals surface area contributed by atoms with Gasteiger partial charge in [-0.2, -0.15) is 0 Å². The zero-order valence-corrected chi connectivity index (χ0v) is 18.7. The molecule has 0 unspecified atom stereocenters. The Hall–Kier alpha value is -2.76. The number of aryl methyl sites for hydroxylation is 3. The molecule has 11 heteroatoms. The first-order valence-electron chi connectivity index (χ1n) is 8.88. The molecule has 0 fully saturated rings. The molecule has 0 saturated carbocycles. The summed E-state index contributed by atoms with van der Waals surface area (Å²) in [5.74, 6) is -0.193. The first-order chi connectivity index (χ1) is 14.3. The van der Waals surface area contributed by atoms with Gasteiger partial charge in [0.25, 0.3) is 5.56 Å². The third kappa shape index (κ3) is 4.09. The molecule has 3 N–H and O–H groups in total. The van der Waals surface area contributed by atoms with Crippen molar-refractivity contribution in [3.05, 3.63) is 55.9 Å². The standard InChI is InChI=1S/C19H17N5O3S3/c1-8-4-5-11(6-9(8)2)20-18-23-24-19(30-18)28-7-12-21-15(25)13-10(3)14(17(26)27)29-16(13)22-12/h4-6H,7H2,1-3H3,(H,20,23)(H,26,27)(H,21,22,25). The Bertz CT molecular complexity index is 1320. The molecule has 0 radical (unpaired) electrons. The van der Waals surface area contributed by atoms with Crippen LogP contribution in [0.2, 0.25) is 0 Å². The van der Waals surface area contributed by atoms with E-state index in [1.807, 2.05) is 6.07 Å². The zero-order chi connectivity index (χ0) is 21.4. The predicted molar refractivity (Wildman–Crippen MR) is 121 cm³/mol. The fraction of sp³-hybridized carbons (Fsp3) is 0.211. The zero-order valence-electron chi connectivity index (χ0n) is 16.3. The number of carbonyl (C=O) groups is 1. The average molecular weight is 460 g/mol. The third-order valence-electron chi connectivity index (χ3n) is 4.54. The summed E-state index contributed by atoms with van der Waals surface area (Å²) in [5.41, 5.74) is 3.49. The Labute approximate surface area is 183 Å². The summed E-state index contributed by atoms with van der Waals surface area (Å²) >= 11 is 3.83. The molecule has 0 aliphatic heterocycles. The predicted octanol–water partition coefficient (Wildman–Crippen LogP) is 4.50. The molecule has 4 aromatic rings. The van der Waals surface area contributed by atoms with Crippen molar-refractivity contribution in [3.8, 4) is 0 Å². The van der Waals surface area contributed by atoms with Crippen LogP contribution in [0.1, 0.15) is 32.2 Å². The topological polar surface area (TPSA) is 121 Å². The number of nitrogens with zero attached hydrogens (tertiary/aromatic N) is 3. The van der Waals surface area contributed by atoms with Crippen molar-refractivity contribution in [1.29, 1.82) is 0 Å². The van der Waals surface area contributed by atoms with Gasteiger partial charge in [0, 0.05) is 5.69 Å². The molecule has 8 nitrogen and oxygen atoms in total. The van der Waals surface area contributed by atoms with Gasteiger partial charge in [0.1, 0.15) is 15.5 Å². The Morgan fingerprint density at radius 2 is 2.00 bits per heavy atom. The van der Waals surface area contributed by atoms with Gasteiger partial charge in [-0.1, -0.05) is 29.2 Å². The molecule has 3 aromatic heterocycles. The lowest BCUT2D eigenvalue weighted by atomic mass is 10.1. The molecule has 0 atom stereocenters. The minimum atomic E-state index is -1.05. The molecular formula is C19H17N5O3S3. The summed E-state index contributed by atoms with van der Waals surface area (Å²) in [4.78, 5) is 31.4. The number of benzene rings is 1. The second-order valence-electron chi connectivity index (χ2n) is 6.64. The van der Waals surface area contributed by atoms with Crippen LogP contribution >= 0.6 is 34.4 Å². The molecule has 0 bridgehead atoms. The number of rotatable bonds is 6. The summed E-state index contributed by atoms with van der Waals surface area (Å²) in [6, 6.07) is 6.10. The van der Waals surface area contributed by atoms with Crippen LogP contribution in [0.3, 0.4) is 0 Å². The SMILES string of the molecule is Cc1ccc(Nc2nnc(SCc3nc4sc(C(=O)O)c(C)c4c(=O)[nH]3)s2)cc1C. The number of hydrogen-bond acceptors (Lipinski definition) is 9. The molecule has 3 heterocycles. The van der Waals surface area contributed by atoms with Crippen molar-refractivity contribution in [1.82, 2.24) is 20.2 Å². The fourth-order valence-electron chi connectivity index (χ4n) is 2.85. The second-order valence-corrected chi connectivity index (χ2v) is 9.84. The van der Waals surface area contributed by atoms with Gasteiger partial charge in [-0.3, -0.25) is 4.79 Å². The number of H-pyrrole nitrogens is 1. The summed E-state index contributed by atoms with van der Waals surface area (Å²) in [6.07, 6.45) is 0. The number of thioether (sulfide) groups is 1. The third-order valence-corrected chi connectivity index (χ3v) is 7.70. The van der Waals surface area contributed by atoms with E-state index in [2.05, 4.69) is 51.5 Å². The first-order valence-corrected chi connectivity index (χ1v) is 11.5. The van der Waals surface area contributed by atoms with Gasteiger partial charge in [0.05, 0.1) is 11.1 Å². The van der Waals surface area contributed by atoms with Crippen LogP contribution in [0.5, 0.6) is 0 Å². The monoisotopic (exact) mass is 459 g/mol. The largest absolute Gasteiger partial charge is 0.477 e. The molecule has 4 rings (SSSR count). The maximum absolute atomic E-state index is 12.4. The highest BCUT2D eigenvalue weighted by atomic mass is 32.2. The highest BCUT2D eigenvalue weighted by molar-refractivity contribution is 8.00. The van der Waals surface area contributed by atoms with Crippen LogP contribution in [0.25, 0.3) is 10.2 Å². The molecule has 30 heavy (non-hydrogen) atoms. The van der Waals surface area contributed by atoms with Gasteiger partial charge in [0.15, 0.2) is 4.34 Å². The van der Waals surface area contributed by atoms with E-state index in [1.54, 1.807) is 6.92 Å². The maximum Gasteiger partial charge on any atom is 0.346 e. The maximum atomic E-state index is 12.4. The smallest absolute Gasteiger partial charge is 0.346 e. The summed E-state index contributed by atoms with van der Waals surface area (Å²) in [7, 11) is 0. The summed E-state index contributed by atoms with van der Waals surface area (Å²) < 4.78 is 0.734. The lowest BCUT2D eigenvalue weighted by molar-refractivity contribution is 0.0701. The second kappa shape index (κ2) is 8.17. The molecule has 0 spiro atoms. The summed E-state index contributed by atoms with van der Waals surface area (Å²) in [5, 5.41) is 21.8. The quantitative estimate of drug-likeness (QED) is 0.361. The van der Waals surface area contributed by atoms with E-state index >= 15 is 0 Å². The number of nitrogens with one attached hydrogen (secondary N) is 2. The Kier molecular flexibility index (Phi) is 5.58. The number of hydrogen-bond donors (Lipinski definition) is 3. The lowest BCUT2D eigenvalue weighted by Crippen LogP contribution is -2.11. The van der Waals surface area contributed by atoms with Crippen molar-refractivity contribution in [3.63, 3.8) is 0 Å². The minimum absolute atomic E-state index is 0.138. The number of carboxylic acids is 1. The van der Waals surface area contributed by atoms with Gasteiger partial charge < -0.3 is 15.4 Å². The number of anilines is 2. The van der Waals surface area contributed by atoms with Gasteiger partial charge in [0.2, 0.25) is 5.13 Å². The van der Waals surface area contributed by atoms with Crippen molar-refractivity contribution >= 4 is 61.4 Å². The number of thiophene rings is 1. The number of fused-ring (bicyclic) bond motifs is 1. The molecule has 154 valence electrons. The Balaban J connectivity index is 1.48. The van der Waals surface area contributed by atoms with Gasteiger partial charge >= 0.3 is 5.97 Å². The molecule has 1 aromatic carbocycles. The van der Waals surface area contributed by atoms with E-state index in [1.165, 1.54) is 34.2 Å². The highest BCUT2D eigenvalue weighted by Crippen LogP contribution is 2.31. The average Bonchev–Trinajstić information content (AvgIpc) is 3.27. The number of aromatic nitrogens is 4. The molecule has 0 amide bonds. The van der Waals surface area contributed by atoms with E-state index in [9.17, 15) is 14.7 Å². The van der Waals surface area contributed by atoms with E-state index < -0.39 is 5.97 Å². The van der Waals surface area contributed by atoms with Gasteiger partial charge in [-0.15, -0.1) is 21.5 Å². The van der Waals surface area contributed by atoms with Crippen molar-refractivity contribution in [2.45, 2.75) is 30.9 Å². The van der Waals surface area contributed by atoms with Crippen molar-refractivity contribution in [2.24, 2.45) is 0 Å². The van der Waals surface area contributed by atoms with Gasteiger partial charge in [-0.25, -0.2) is 9.78 Å². The van der Waals surface area contributed by atoms with Crippen LogP contribution in [0.4, 0.5) is 10.8 Å². The van der Waals surface area contributed by atoms with Gasteiger partial charge in [-0.05, 0) is 49.6 Å². The fourth-order valence-corrected chi connectivity index (χ4v) is 5.53. The highest BCUT2D eigenvalue weighted by Gasteiger charge is 2.18. The molecule has 0 saturated heterocycles. The summed E-state index contributed by atoms with van der Waals surface area (Å²) in [6.45, 7) is 5.74. The van der Waals surface area contributed by atoms with Crippen molar-refractivity contribution < 1.29 is 9.90 Å². The molecular weight excluding hydrogens is 442 g/mol. The normalized spacial score (nSPS) is 11.2. The van der Waals surface area contributed by atoms with E-state index in [4.69, 9.17) is 0 Å².